The average molecular weight is 252 g/mol. The molecule has 3 nitrogen and oxygen atoms in total. The number of benzene rings is 1. The summed E-state index contributed by atoms with van der Waals surface area (Å²) in [7, 11) is 1.73. The number of anilines is 1. The smallest absolute Gasteiger partial charge is 0.123 e. The molecule has 0 heterocycles. The lowest BCUT2D eigenvalue weighted by molar-refractivity contribution is 0.0190. The van der Waals surface area contributed by atoms with E-state index in [9.17, 15) is 4.39 Å². The molecule has 100 valence electrons. The number of methoxy groups -OCH3 is 1. The van der Waals surface area contributed by atoms with E-state index in [0.29, 0.717) is 6.54 Å². The normalized spacial score (nSPS) is 28.1. The Kier molecular flexibility index (Phi) is 4.19. The van der Waals surface area contributed by atoms with Crippen molar-refractivity contribution in [3.8, 4) is 0 Å². The van der Waals surface area contributed by atoms with Gasteiger partial charge in [-0.25, -0.2) is 4.39 Å². The Morgan fingerprint density at radius 3 is 2.72 bits per heavy atom. The van der Waals surface area contributed by atoms with E-state index in [0.717, 1.165) is 24.9 Å². The molecule has 0 bridgehead atoms. The van der Waals surface area contributed by atoms with Gasteiger partial charge in [-0.05, 0) is 37.1 Å². The minimum Gasteiger partial charge on any atom is -0.379 e. The Labute approximate surface area is 108 Å². The molecule has 0 radical (unpaired) electrons. The molecule has 2 atom stereocenters. The highest BCUT2D eigenvalue weighted by atomic mass is 19.1. The molecule has 1 aliphatic carbocycles. The van der Waals surface area contributed by atoms with Crippen LogP contribution in [-0.4, -0.2) is 25.3 Å². The van der Waals surface area contributed by atoms with Gasteiger partial charge < -0.3 is 15.8 Å². The predicted molar refractivity (Wildman–Crippen MR) is 71.1 cm³/mol. The van der Waals surface area contributed by atoms with E-state index < -0.39 is 0 Å². The first kappa shape index (κ1) is 13.3. The van der Waals surface area contributed by atoms with Crippen molar-refractivity contribution in [2.75, 3.05) is 19.0 Å². The maximum atomic E-state index is 12.9. The van der Waals surface area contributed by atoms with Crippen LogP contribution in [0.5, 0.6) is 0 Å². The second kappa shape index (κ2) is 5.67. The summed E-state index contributed by atoms with van der Waals surface area (Å²) in [5.41, 5.74) is 6.63. The van der Waals surface area contributed by atoms with Gasteiger partial charge in [-0.15, -0.1) is 0 Å². The zero-order valence-electron chi connectivity index (χ0n) is 10.8. The van der Waals surface area contributed by atoms with Gasteiger partial charge in [-0.1, -0.05) is 12.8 Å². The lowest BCUT2D eigenvalue weighted by Gasteiger charge is -2.44. The van der Waals surface area contributed by atoms with Crippen molar-refractivity contribution in [2.45, 2.75) is 37.3 Å². The predicted octanol–water partition coefficient (Wildman–Crippen LogP) is 2.52. The largest absolute Gasteiger partial charge is 0.379 e. The molecule has 1 aromatic rings. The lowest BCUT2D eigenvalue weighted by atomic mass is 9.78. The summed E-state index contributed by atoms with van der Waals surface area (Å²) in [6.45, 7) is 0.517. The molecule has 1 aromatic carbocycles. The summed E-state index contributed by atoms with van der Waals surface area (Å²) in [4.78, 5) is 0. The maximum absolute atomic E-state index is 12.9. The van der Waals surface area contributed by atoms with E-state index in [1.807, 2.05) is 0 Å². The number of hydrogen-bond donors (Lipinski definition) is 2. The molecular weight excluding hydrogens is 231 g/mol. The second-order valence-corrected chi connectivity index (χ2v) is 4.96. The monoisotopic (exact) mass is 252 g/mol. The van der Waals surface area contributed by atoms with Crippen LogP contribution in [-0.2, 0) is 4.74 Å². The molecule has 4 heteroatoms. The molecule has 1 fully saturated rings. The Morgan fingerprint density at radius 2 is 2.11 bits per heavy atom. The molecule has 3 N–H and O–H groups in total. The summed E-state index contributed by atoms with van der Waals surface area (Å²) in [5.74, 6) is -0.228. The first-order chi connectivity index (χ1) is 8.70. The highest BCUT2D eigenvalue weighted by Gasteiger charge is 2.39. The van der Waals surface area contributed by atoms with Crippen LogP contribution in [0.15, 0.2) is 24.3 Å². The number of halogens is 1. The van der Waals surface area contributed by atoms with Crippen LogP contribution in [0.2, 0.25) is 0 Å². The summed E-state index contributed by atoms with van der Waals surface area (Å²) >= 11 is 0. The van der Waals surface area contributed by atoms with Gasteiger partial charge in [0.05, 0.1) is 11.6 Å². The van der Waals surface area contributed by atoms with Gasteiger partial charge in [0.1, 0.15) is 5.82 Å². The number of nitrogens with one attached hydrogen (secondary N) is 1. The molecule has 1 aliphatic rings. The van der Waals surface area contributed by atoms with Crippen molar-refractivity contribution < 1.29 is 9.13 Å². The Bertz CT molecular complexity index is 382. The van der Waals surface area contributed by atoms with Crippen LogP contribution in [0.1, 0.15) is 25.7 Å². The zero-order chi connectivity index (χ0) is 13.0. The summed E-state index contributed by atoms with van der Waals surface area (Å²) in [6, 6.07) is 6.40. The van der Waals surface area contributed by atoms with Crippen LogP contribution in [0.3, 0.4) is 0 Å². The fourth-order valence-corrected chi connectivity index (χ4v) is 2.80. The third kappa shape index (κ3) is 2.65. The van der Waals surface area contributed by atoms with E-state index in [1.54, 1.807) is 19.2 Å². The standard InChI is InChI=1S/C14H21FN2O/c1-18-13-4-2-3-9-14(13,10-16)17-12-7-5-11(15)6-8-12/h5-8,13,17H,2-4,9-10,16H2,1H3. The van der Waals surface area contributed by atoms with Crippen molar-refractivity contribution in [1.29, 1.82) is 0 Å². The summed E-state index contributed by atoms with van der Waals surface area (Å²) in [5, 5.41) is 3.46. The molecule has 1 saturated carbocycles. The van der Waals surface area contributed by atoms with Gasteiger partial charge in [0, 0.05) is 19.3 Å². The molecule has 0 aromatic heterocycles. The van der Waals surface area contributed by atoms with Crippen LogP contribution in [0.4, 0.5) is 10.1 Å². The van der Waals surface area contributed by atoms with E-state index in [-0.39, 0.29) is 17.5 Å². The number of hydrogen-bond acceptors (Lipinski definition) is 3. The SMILES string of the molecule is COC1CCCCC1(CN)Nc1ccc(F)cc1. The fraction of sp³-hybridized carbons (Fsp3) is 0.571. The van der Waals surface area contributed by atoms with Crippen LogP contribution in [0, 0.1) is 5.82 Å². The van der Waals surface area contributed by atoms with E-state index in [2.05, 4.69) is 5.32 Å². The van der Waals surface area contributed by atoms with Crippen LogP contribution in [0.25, 0.3) is 0 Å². The van der Waals surface area contributed by atoms with E-state index in [1.165, 1.54) is 18.6 Å². The molecule has 0 spiro atoms. The second-order valence-electron chi connectivity index (χ2n) is 4.96. The molecular formula is C14H21FN2O. The summed E-state index contributed by atoms with van der Waals surface area (Å²) in [6.07, 6.45) is 4.43. The third-order valence-electron chi connectivity index (χ3n) is 3.84. The van der Waals surface area contributed by atoms with Gasteiger partial charge in [0.2, 0.25) is 0 Å². The molecule has 0 saturated heterocycles. The van der Waals surface area contributed by atoms with Gasteiger partial charge in [-0.3, -0.25) is 0 Å². The molecule has 0 aliphatic heterocycles. The molecule has 2 rings (SSSR count). The van der Waals surface area contributed by atoms with Crippen LogP contribution >= 0.6 is 0 Å². The lowest BCUT2D eigenvalue weighted by Crippen LogP contribution is -2.57. The molecule has 18 heavy (non-hydrogen) atoms. The van der Waals surface area contributed by atoms with Gasteiger partial charge in [0.25, 0.3) is 0 Å². The highest BCUT2D eigenvalue weighted by Crippen LogP contribution is 2.33. The van der Waals surface area contributed by atoms with Crippen molar-refractivity contribution in [2.24, 2.45) is 5.73 Å². The van der Waals surface area contributed by atoms with Crippen molar-refractivity contribution in [1.82, 2.24) is 0 Å². The zero-order valence-corrected chi connectivity index (χ0v) is 10.8. The van der Waals surface area contributed by atoms with Gasteiger partial charge in [-0.2, -0.15) is 0 Å². The number of ether oxygens (including phenoxy) is 1. The average Bonchev–Trinajstić information content (AvgIpc) is 2.42. The topological polar surface area (TPSA) is 47.3 Å². The molecule has 0 amide bonds. The number of nitrogens with two attached hydrogens (primary N) is 1. The minimum atomic E-state index is -0.231. The highest BCUT2D eigenvalue weighted by molar-refractivity contribution is 5.46. The van der Waals surface area contributed by atoms with Gasteiger partial charge >= 0.3 is 0 Å². The molecule has 2 unspecified atom stereocenters. The van der Waals surface area contributed by atoms with Crippen molar-refractivity contribution >= 4 is 5.69 Å². The number of rotatable bonds is 4. The summed E-state index contributed by atoms with van der Waals surface area (Å²) < 4.78 is 18.5. The Hall–Kier alpha value is -1.13. The van der Waals surface area contributed by atoms with E-state index >= 15 is 0 Å². The van der Waals surface area contributed by atoms with Gasteiger partial charge in [0.15, 0.2) is 0 Å². The quantitative estimate of drug-likeness (QED) is 0.865. The third-order valence-corrected chi connectivity index (χ3v) is 3.84. The fourth-order valence-electron chi connectivity index (χ4n) is 2.80. The first-order valence-corrected chi connectivity index (χ1v) is 6.47. The van der Waals surface area contributed by atoms with E-state index in [4.69, 9.17) is 10.5 Å². The van der Waals surface area contributed by atoms with Crippen molar-refractivity contribution in [3.63, 3.8) is 0 Å². The minimum absolute atomic E-state index is 0.112. The Morgan fingerprint density at radius 1 is 1.39 bits per heavy atom. The Balaban J connectivity index is 2.18. The van der Waals surface area contributed by atoms with Crippen molar-refractivity contribution in [3.05, 3.63) is 30.1 Å². The van der Waals surface area contributed by atoms with Crippen LogP contribution < -0.4 is 11.1 Å². The maximum Gasteiger partial charge on any atom is 0.123 e. The first-order valence-electron chi connectivity index (χ1n) is 6.47.